The fraction of sp³-hybridized carbons (Fsp3) is 0.533. The second-order valence-corrected chi connectivity index (χ2v) is 7.41. The first-order valence-corrected chi connectivity index (χ1v) is 8.86. The van der Waals surface area contributed by atoms with Crippen LogP contribution in [0.4, 0.5) is 0 Å². The Bertz CT molecular complexity index is 602. The number of carbonyl (C=O) groups is 1. The lowest BCUT2D eigenvalue weighted by molar-refractivity contribution is -0.141. The molecule has 1 aromatic rings. The fourth-order valence-electron chi connectivity index (χ4n) is 2.68. The number of nitrogens with zero attached hydrogens (tertiary/aromatic N) is 1. The summed E-state index contributed by atoms with van der Waals surface area (Å²) in [5, 5.41) is 10.1. The molecule has 1 aliphatic heterocycles. The van der Waals surface area contributed by atoms with Gasteiger partial charge in [-0.25, -0.2) is 8.42 Å². The summed E-state index contributed by atoms with van der Waals surface area (Å²) in [6.45, 7) is 0.964. The zero-order valence-corrected chi connectivity index (χ0v) is 13.3. The molecule has 1 heterocycles. The van der Waals surface area contributed by atoms with Crippen molar-refractivity contribution < 1.29 is 23.1 Å². The van der Waals surface area contributed by atoms with Gasteiger partial charge in [0.2, 0.25) is 0 Å². The Morgan fingerprint density at radius 1 is 1.36 bits per heavy atom. The first kappa shape index (κ1) is 16.9. The van der Waals surface area contributed by atoms with Crippen LogP contribution >= 0.6 is 0 Å². The van der Waals surface area contributed by atoms with Crippen LogP contribution < -0.4 is 0 Å². The Morgan fingerprint density at radius 3 is 2.68 bits per heavy atom. The van der Waals surface area contributed by atoms with E-state index < -0.39 is 22.0 Å². The number of methoxy groups -OCH3 is 1. The molecule has 1 N–H and O–H groups in total. The van der Waals surface area contributed by atoms with E-state index in [0.717, 1.165) is 0 Å². The minimum atomic E-state index is -3.47. The maximum Gasteiger partial charge on any atom is 0.306 e. The summed E-state index contributed by atoms with van der Waals surface area (Å²) in [6.07, 6.45) is -0.00234. The minimum Gasteiger partial charge on any atom is -0.469 e. The Hall–Kier alpha value is -1.44. The summed E-state index contributed by atoms with van der Waals surface area (Å²) in [5.74, 6) is -0.495. The highest BCUT2D eigenvalue weighted by atomic mass is 32.2. The molecular weight excluding hydrogens is 306 g/mol. The van der Waals surface area contributed by atoms with E-state index in [9.17, 15) is 18.3 Å². The first-order valence-electron chi connectivity index (χ1n) is 7.21. The number of aliphatic hydroxyl groups is 1. The third-order valence-electron chi connectivity index (χ3n) is 3.95. The fourth-order valence-corrected chi connectivity index (χ4v) is 4.33. The highest BCUT2D eigenvalue weighted by Gasteiger charge is 2.36. The van der Waals surface area contributed by atoms with Gasteiger partial charge in [-0.3, -0.25) is 9.69 Å². The van der Waals surface area contributed by atoms with Crippen molar-refractivity contribution in [1.82, 2.24) is 4.90 Å². The number of sulfone groups is 1. The van der Waals surface area contributed by atoms with Crippen molar-refractivity contribution >= 4 is 15.8 Å². The lowest BCUT2D eigenvalue weighted by Gasteiger charge is -2.25. The highest BCUT2D eigenvalue weighted by Crippen LogP contribution is 2.22. The molecule has 0 aliphatic carbocycles. The largest absolute Gasteiger partial charge is 0.469 e. The minimum absolute atomic E-state index is 0.153. The van der Waals surface area contributed by atoms with Crippen molar-refractivity contribution in [3.05, 3.63) is 30.3 Å². The second-order valence-electron chi connectivity index (χ2n) is 5.38. The molecule has 0 saturated carbocycles. The lowest BCUT2D eigenvalue weighted by Crippen LogP contribution is -2.41. The van der Waals surface area contributed by atoms with Gasteiger partial charge in [0.15, 0.2) is 9.84 Å². The molecule has 1 aromatic carbocycles. The van der Waals surface area contributed by atoms with Gasteiger partial charge in [-0.2, -0.15) is 0 Å². The first-order chi connectivity index (χ1) is 10.4. The van der Waals surface area contributed by atoms with Crippen LogP contribution in [0, 0.1) is 0 Å². The van der Waals surface area contributed by atoms with Crippen LogP contribution in [0.25, 0.3) is 0 Å². The van der Waals surface area contributed by atoms with E-state index in [1.807, 2.05) is 4.90 Å². The van der Waals surface area contributed by atoms with Crippen LogP contribution in [0.2, 0.25) is 0 Å². The predicted molar refractivity (Wildman–Crippen MR) is 81.1 cm³/mol. The molecule has 2 rings (SSSR count). The summed E-state index contributed by atoms with van der Waals surface area (Å²) in [7, 11) is -2.15. The van der Waals surface area contributed by atoms with Gasteiger partial charge in [0, 0.05) is 19.1 Å². The molecule has 1 aliphatic rings. The van der Waals surface area contributed by atoms with Crippen molar-refractivity contribution in [2.75, 3.05) is 26.0 Å². The highest BCUT2D eigenvalue weighted by molar-refractivity contribution is 7.91. The van der Waals surface area contributed by atoms with E-state index in [1.54, 1.807) is 30.3 Å². The number of benzene rings is 1. The molecule has 0 spiro atoms. The Labute approximate surface area is 130 Å². The molecule has 2 unspecified atom stereocenters. The summed E-state index contributed by atoms with van der Waals surface area (Å²) >= 11 is 0. The Kier molecular flexibility index (Phi) is 5.55. The number of esters is 1. The predicted octanol–water partition coefficient (Wildman–Crippen LogP) is 0.459. The molecule has 2 atom stereocenters. The standard InChI is InChI=1S/C15H21NO5S/c1-21-15(18)8-10-16-9-7-14(17)13(16)11-22(19,20)12-5-3-2-4-6-12/h2-6,13-14,17H,7-11H2,1H3. The number of ether oxygens (including phenoxy) is 1. The summed E-state index contributed by atoms with van der Waals surface area (Å²) in [4.78, 5) is 13.3. The van der Waals surface area contributed by atoms with Crippen LogP contribution in [-0.2, 0) is 19.4 Å². The third kappa shape index (κ3) is 4.06. The number of likely N-dealkylation sites (tertiary alicyclic amines) is 1. The van der Waals surface area contributed by atoms with E-state index >= 15 is 0 Å². The van der Waals surface area contributed by atoms with Crippen molar-refractivity contribution in [3.63, 3.8) is 0 Å². The zero-order valence-electron chi connectivity index (χ0n) is 12.5. The van der Waals surface area contributed by atoms with E-state index in [2.05, 4.69) is 4.74 Å². The monoisotopic (exact) mass is 327 g/mol. The average Bonchev–Trinajstić information content (AvgIpc) is 2.86. The zero-order chi connectivity index (χ0) is 16.2. The number of aliphatic hydroxyl groups excluding tert-OH is 1. The number of hydrogen-bond acceptors (Lipinski definition) is 6. The summed E-state index contributed by atoms with van der Waals surface area (Å²) in [6, 6.07) is 7.71. The van der Waals surface area contributed by atoms with Gasteiger partial charge >= 0.3 is 5.97 Å². The number of rotatable bonds is 6. The number of carbonyl (C=O) groups excluding carboxylic acids is 1. The molecule has 0 aromatic heterocycles. The topological polar surface area (TPSA) is 83.9 Å². The molecule has 1 fully saturated rings. The average molecular weight is 327 g/mol. The third-order valence-corrected chi connectivity index (χ3v) is 5.72. The molecule has 0 amide bonds. The molecule has 0 bridgehead atoms. The Balaban J connectivity index is 2.07. The molecular formula is C15H21NO5S. The molecule has 122 valence electrons. The normalized spacial score (nSPS) is 22.6. The maximum atomic E-state index is 12.4. The lowest BCUT2D eigenvalue weighted by atomic mass is 10.2. The van der Waals surface area contributed by atoms with Crippen LogP contribution in [0.3, 0.4) is 0 Å². The number of hydrogen-bond donors (Lipinski definition) is 1. The van der Waals surface area contributed by atoms with E-state index in [4.69, 9.17) is 0 Å². The molecule has 22 heavy (non-hydrogen) atoms. The van der Waals surface area contributed by atoms with Crippen molar-refractivity contribution in [1.29, 1.82) is 0 Å². The van der Waals surface area contributed by atoms with Crippen LogP contribution in [-0.4, -0.2) is 62.5 Å². The van der Waals surface area contributed by atoms with Crippen molar-refractivity contribution in [3.8, 4) is 0 Å². The van der Waals surface area contributed by atoms with E-state index in [1.165, 1.54) is 7.11 Å². The van der Waals surface area contributed by atoms with Gasteiger partial charge in [0.1, 0.15) is 0 Å². The quantitative estimate of drug-likeness (QED) is 0.764. The van der Waals surface area contributed by atoms with Crippen molar-refractivity contribution in [2.45, 2.75) is 29.9 Å². The van der Waals surface area contributed by atoms with Crippen LogP contribution in [0.15, 0.2) is 35.2 Å². The Morgan fingerprint density at radius 2 is 2.05 bits per heavy atom. The van der Waals surface area contributed by atoms with Gasteiger partial charge in [-0.05, 0) is 18.6 Å². The molecule has 0 radical (unpaired) electrons. The van der Waals surface area contributed by atoms with Gasteiger partial charge in [0.05, 0.1) is 30.3 Å². The summed E-state index contributed by atoms with van der Waals surface area (Å²) < 4.78 is 29.5. The SMILES string of the molecule is COC(=O)CCN1CCC(O)C1CS(=O)(=O)c1ccccc1. The van der Waals surface area contributed by atoms with Gasteiger partial charge in [0.25, 0.3) is 0 Å². The molecule has 7 heteroatoms. The van der Waals surface area contributed by atoms with Gasteiger partial charge < -0.3 is 9.84 Å². The van der Waals surface area contributed by atoms with Gasteiger partial charge in [-0.1, -0.05) is 18.2 Å². The molecule has 1 saturated heterocycles. The van der Waals surface area contributed by atoms with Gasteiger partial charge in [-0.15, -0.1) is 0 Å². The van der Waals surface area contributed by atoms with E-state index in [-0.39, 0.29) is 23.0 Å². The van der Waals surface area contributed by atoms with E-state index in [0.29, 0.717) is 19.5 Å². The second kappa shape index (κ2) is 7.21. The molecule has 6 nitrogen and oxygen atoms in total. The van der Waals surface area contributed by atoms with Crippen LogP contribution in [0.1, 0.15) is 12.8 Å². The van der Waals surface area contributed by atoms with Crippen molar-refractivity contribution in [2.24, 2.45) is 0 Å². The smallest absolute Gasteiger partial charge is 0.306 e. The van der Waals surface area contributed by atoms with Crippen LogP contribution in [0.5, 0.6) is 0 Å². The maximum absolute atomic E-state index is 12.4. The summed E-state index contributed by atoms with van der Waals surface area (Å²) in [5.41, 5.74) is 0.